The van der Waals surface area contributed by atoms with Gasteiger partial charge < -0.3 is 42.0 Å². The number of carboxylic acid groups (broad SMARTS) is 2. The lowest BCUT2D eigenvalue weighted by Crippen LogP contribution is -2.59. The number of carbonyl (C=O) groups is 5. The van der Waals surface area contributed by atoms with Crippen molar-refractivity contribution in [2.45, 2.75) is 44.0 Å². The smallest absolute Gasteiger partial charge is 0.322 e. The van der Waals surface area contributed by atoms with E-state index in [0.717, 1.165) is 0 Å². The molecule has 0 aliphatic heterocycles. The fourth-order valence-electron chi connectivity index (χ4n) is 2.32. The first-order valence-electron chi connectivity index (χ1n) is 8.74. The van der Waals surface area contributed by atoms with Crippen molar-refractivity contribution in [1.29, 1.82) is 0 Å². The van der Waals surface area contributed by atoms with Gasteiger partial charge in [-0.2, -0.15) is 0 Å². The number of nitrogens with one attached hydrogen (secondary N) is 4. The van der Waals surface area contributed by atoms with E-state index < -0.39 is 66.9 Å². The van der Waals surface area contributed by atoms with Gasteiger partial charge in [0, 0.05) is 18.3 Å². The Kier molecular flexibility index (Phi) is 9.38. The molecule has 0 saturated carbocycles. The highest BCUT2D eigenvalue weighted by atomic mass is 16.4. The van der Waals surface area contributed by atoms with Crippen molar-refractivity contribution >= 4 is 29.7 Å². The van der Waals surface area contributed by atoms with E-state index in [4.69, 9.17) is 15.9 Å². The molecule has 0 aliphatic carbocycles. The number of imidazole rings is 1. The topological polar surface area (TPSA) is 237 Å². The predicted octanol–water partition coefficient (Wildman–Crippen LogP) is -3.69. The minimum absolute atomic E-state index is 0.0871. The van der Waals surface area contributed by atoms with Gasteiger partial charge in [-0.15, -0.1) is 0 Å². The van der Waals surface area contributed by atoms with Gasteiger partial charge in [-0.3, -0.25) is 24.0 Å². The molecule has 1 aromatic heterocycles. The first-order chi connectivity index (χ1) is 14.0. The Morgan fingerprint density at radius 1 is 1.10 bits per heavy atom. The van der Waals surface area contributed by atoms with Gasteiger partial charge in [0.05, 0.1) is 24.9 Å². The Balaban J connectivity index is 2.90. The maximum Gasteiger partial charge on any atom is 0.322 e. The van der Waals surface area contributed by atoms with Gasteiger partial charge in [0.2, 0.25) is 17.7 Å². The van der Waals surface area contributed by atoms with E-state index >= 15 is 0 Å². The van der Waals surface area contributed by atoms with Crippen LogP contribution in [0.25, 0.3) is 0 Å². The molecule has 9 N–H and O–H groups in total. The summed E-state index contributed by atoms with van der Waals surface area (Å²) in [4.78, 5) is 64.7. The third-order valence-corrected chi connectivity index (χ3v) is 3.82. The van der Waals surface area contributed by atoms with Crippen LogP contribution in [0.3, 0.4) is 0 Å². The summed E-state index contributed by atoms with van der Waals surface area (Å²) in [7, 11) is 0. The molecule has 1 heterocycles. The average Bonchev–Trinajstić information content (AvgIpc) is 3.15. The Morgan fingerprint density at radius 3 is 2.27 bits per heavy atom. The first-order valence-corrected chi connectivity index (χ1v) is 8.74. The summed E-state index contributed by atoms with van der Waals surface area (Å²) in [5, 5.41) is 33.8. The number of amides is 3. The van der Waals surface area contributed by atoms with Crippen molar-refractivity contribution in [3.63, 3.8) is 0 Å². The SMILES string of the molecule is CC(O)C(NC(=O)C(N)CC(=O)O)C(=O)NC(Cc1cnc[nH]1)C(=O)NCC(=O)O. The normalized spacial score (nSPS) is 14.6. The largest absolute Gasteiger partial charge is 0.481 e. The van der Waals surface area contributed by atoms with E-state index in [-0.39, 0.29) is 6.42 Å². The summed E-state index contributed by atoms with van der Waals surface area (Å²) in [6.07, 6.45) is 0.533. The zero-order valence-electron chi connectivity index (χ0n) is 16.0. The molecule has 0 aromatic carbocycles. The number of aromatic nitrogens is 2. The summed E-state index contributed by atoms with van der Waals surface area (Å²) in [6, 6.07) is -4.27. The molecule has 0 spiro atoms. The number of rotatable bonds is 12. The molecule has 14 heteroatoms. The van der Waals surface area contributed by atoms with Gasteiger partial charge >= 0.3 is 11.9 Å². The molecular weight excluding hydrogens is 404 g/mol. The lowest BCUT2D eigenvalue weighted by atomic mass is 10.1. The predicted molar refractivity (Wildman–Crippen MR) is 98.7 cm³/mol. The summed E-state index contributed by atoms with van der Waals surface area (Å²) in [5.74, 6) is -5.39. The van der Waals surface area contributed by atoms with Gasteiger partial charge in [-0.25, -0.2) is 4.98 Å². The Morgan fingerprint density at radius 2 is 1.77 bits per heavy atom. The average molecular weight is 428 g/mol. The molecule has 0 bridgehead atoms. The second-order valence-corrected chi connectivity index (χ2v) is 6.38. The molecule has 14 nitrogen and oxygen atoms in total. The molecule has 166 valence electrons. The highest BCUT2D eigenvalue weighted by molar-refractivity contribution is 5.94. The molecule has 4 atom stereocenters. The van der Waals surface area contributed by atoms with E-state index in [0.29, 0.717) is 5.69 Å². The number of hydrogen-bond donors (Lipinski definition) is 8. The maximum atomic E-state index is 12.6. The number of hydrogen-bond acceptors (Lipinski definition) is 8. The second-order valence-electron chi connectivity index (χ2n) is 6.38. The lowest BCUT2D eigenvalue weighted by Gasteiger charge is -2.25. The molecule has 0 fully saturated rings. The summed E-state index contributed by atoms with van der Waals surface area (Å²) in [5.41, 5.74) is 5.89. The van der Waals surface area contributed by atoms with Gasteiger partial charge in [0.15, 0.2) is 0 Å². The van der Waals surface area contributed by atoms with Crippen LogP contribution in [0.15, 0.2) is 12.5 Å². The Hall–Kier alpha value is -3.52. The molecule has 3 amide bonds. The lowest BCUT2D eigenvalue weighted by molar-refractivity contribution is -0.140. The molecule has 4 unspecified atom stereocenters. The van der Waals surface area contributed by atoms with Gasteiger partial charge in [-0.1, -0.05) is 0 Å². The van der Waals surface area contributed by atoms with E-state index in [1.807, 2.05) is 0 Å². The zero-order valence-corrected chi connectivity index (χ0v) is 16.0. The third-order valence-electron chi connectivity index (χ3n) is 3.82. The number of aliphatic carboxylic acids is 2. The Labute approximate surface area is 170 Å². The van der Waals surface area contributed by atoms with Crippen LogP contribution in [0.2, 0.25) is 0 Å². The first kappa shape index (κ1) is 24.5. The summed E-state index contributed by atoms with van der Waals surface area (Å²) < 4.78 is 0. The Bertz CT molecular complexity index is 766. The number of aliphatic hydroxyl groups is 1. The van der Waals surface area contributed by atoms with Gasteiger partial charge in [0.1, 0.15) is 18.6 Å². The minimum Gasteiger partial charge on any atom is -0.481 e. The van der Waals surface area contributed by atoms with Crippen molar-refractivity contribution in [3.05, 3.63) is 18.2 Å². The number of carboxylic acids is 2. The minimum atomic E-state index is -1.55. The summed E-state index contributed by atoms with van der Waals surface area (Å²) in [6.45, 7) is 0.510. The molecule has 0 saturated heterocycles. The summed E-state index contributed by atoms with van der Waals surface area (Å²) >= 11 is 0. The monoisotopic (exact) mass is 428 g/mol. The van der Waals surface area contributed by atoms with Crippen molar-refractivity contribution < 1.29 is 39.3 Å². The van der Waals surface area contributed by atoms with Crippen LogP contribution in [0.4, 0.5) is 0 Å². The van der Waals surface area contributed by atoms with Crippen molar-refractivity contribution in [2.24, 2.45) is 5.73 Å². The van der Waals surface area contributed by atoms with Crippen molar-refractivity contribution in [1.82, 2.24) is 25.9 Å². The number of nitrogens with two attached hydrogens (primary N) is 1. The van der Waals surface area contributed by atoms with Crippen molar-refractivity contribution in [3.8, 4) is 0 Å². The molecular formula is C16H24N6O8. The number of nitrogens with zero attached hydrogens (tertiary/aromatic N) is 1. The van der Waals surface area contributed by atoms with Gasteiger partial charge in [-0.05, 0) is 6.92 Å². The standard InChI is InChI=1S/C16H24N6O8/c1-7(23)13(22-14(28)9(17)3-11(24)25)16(30)21-10(2-8-4-18-6-20-8)15(29)19-5-12(26)27/h4,6-7,9-10,13,23H,2-3,5,17H2,1H3,(H,18,20)(H,19,29)(H,21,30)(H,22,28)(H,24,25)(H,26,27). The molecule has 1 aromatic rings. The fraction of sp³-hybridized carbons (Fsp3) is 0.500. The van der Waals surface area contributed by atoms with Crippen LogP contribution >= 0.6 is 0 Å². The van der Waals surface area contributed by atoms with Crippen LogP contribution in [0, 0.1) is 0 Å². The van der Waals surface area contributed by atoms with Crippen LogP contribution in [-0.4, -0.2) is 85.7 Å². The van der Waals surface area contributed by atoms with E-state index in [1.165, 1.54) is 19.4 Å². The van der Waals surface area contributed by atoms with Crippen LogP contribution in [-0.2, 0) is 30.4 Å². The highest BCUT2D eigenvalue weighted by Gasteiger charge is 2.31. The highest BCUT2D eigenvalue weighted by Crippen LogP contribution is 2.02. The van der Waals surface area contributed by atoms with Crippen molar-refractivity contribution in [2.75, 3.05) is 6.54 Å². The zero-order chi connectivity index (χ0) is 22.8. The molecule has 1 rings (SSSR count). The molecule has 0 aliphatic rings. The number of carbonyl (C=O) groups excluding carboxylic acids is 3. The third kappa shape index (κ3) is 8.24. The van der Waals surface area contributed by atoms with Crippen LogP contribution in [0.1, 0.15) is 19.0 Å². The van der Waals surface area contributed by atoms with E-state index in [9.17, 15) is 29.1 Å². The molecule has 30 heavy (non-hydrogen) atoms. The number of H-pyrrole nitrogens is 1. The quantitative estimate of drug-likeness (QED) is 0.162. The maximum absolute atomic E-state index is 12.6. The van der Waals surface area contributed by atoms with Crippen LogP contribution < -0.4 is 21.7 Å². The van der Waals surface area contributed by atoms with E-state index in [2.05, 4.69) is 25.9 Å². The second kappa shape index (κ2) is 11.5. The fourth-order valence-corrected chi connectivity index (χ4v) is 2.32. The number of aromatic amines is 1. The molecule has 0 radical (unpaired) electrons. The van der Waals surface area contributed by atoms with Gasteiger partial charge in [0.25, 0.3) is 0 Å². The number of aliphatic hydroxyl groups excluding tert-OH is 1. The van der Waals surface area contributed by atoms with Crippen LogP contribution in [0.5, 0.6) is 0 Å². The van der Waals surface area contributed by atoms with E-state index in [1.54, 1.807) is 0 Å².